The number of aromatic nitrogens is 2. The van der Waals surface area contributed by atoms with E-state index in [0.29, 0.717) is 24.7 Å². The molecule has 100 valence electrons. The maximum Gasteiger partial charge on any atom is 0.253 e. The standard InChI is InChI=1S/C12H13FN4O2/c1-7-16-11(17-19-7)4-5-15-12(18)9-6-8(13)2-3-10(9)14/h2-3,6H,4-5,14H2,1H3,(H,15,18). The lowest BCUT2D eigenvalue weighted by molar-refractivity contribution is 0.0954. The Balaban J connectivity index is 1.92. The van der Waals surface area contributed by atoms with Crippen LogP contribution in [-0.4, -0.2) is 22.6 Å². The van der Waals surface area contributed by atoms with Gasteiger partial charge in [-0.25, -0.2) is 4.39 Å². The largest absolute Gasteiger partial charge is 0.398 e. The summed E-state index contributed by atoms with van der Waals surface area (Å²) >= 11 is 0. The number of nitrogens with zero attached hydrogens (tertiary/aromatic N) is 2. The number of nitrogens with one attached hydrogen (secondary N) is 1. The number of nitrogen functional groups attached to an aromatic ring is 1. The van der Waals surface area contributed by atoms with Gasteiger partial charge < -0.3 is 15.6 Å². The highest BCUT2D eigenvalue weighted by atomic mass is 19.1. The van der Waals surface area contributed by atoms with Crippen molar-refractivity contribution in [2.45, 2.75) is 13.3 Å². The predicted octanol–water partition coefficient (Wildman–Crippen LogP) is 1.07. The van der Waals surface area contributed by atoms with Crippen LogP contribution in [0.4, 0.5) is 10.1 Å². The highest BCUT2D eigenvalue weighted by molar-refractivity contribution is 5.99. The number of carbonyl (C=O) groups excluding carboxylic acids is 1. The predicted molar refractivity (Wildman–Crippen MR) is 65.9 cm³/mol. The van der Waals surface area contributed by atoms with Gasteiger partial charge in [0.05, 0.1) is 5.56 Å². The van der Waals surface area contributed by atoms with Crippen molar-refractivity contribution in [2.24, 2.45) is 0 Å². The molecule has 1 aromatic carbocycles. The molecule has 0 radical (unpaired) electrons. The second-order valence-corrected chi connectivity index (χ2v) is 3.97. The third-order valence-corrected chi connectivity index (χ3v) is 2.46. The second kappa shape index (κ2) is 5.47. The molecule has 2 aromatic rings. The van der Waals surface area contributed by atoms with Gasteiger partial charge >= 0.3 is 0 Å². The van der Waals surface area contributed by atoms with Crippen molar-refractivity contribution >= 4 is 11.6 Å². The van der Waals surface area contributed by atoms with E-state index in [4.69, 9.17) is 10.3 Å². The number of anilines is 1. The van der Waals surface area contributed by atoms with Gasteiger partial charge in [-0.15, -0.1) is 0 Å². The SMILES string of the molecule is Cc1nc(CCNC(=O)c2cc(F)ccc2N)no1. The highest BCUT2D eigenvalue weighted by Crippen LogP contribution is 2.12. The molecule has 0 atom stereocenters. The van der Waals surface area contributed by atoms with E-state index in [2.05, 4.69) is 15.5 Å². The minimum absolute atomic E-state index is 0.115. The molecule has 0 saturated carbocycles. The lowest BCUT2D eigenvalue weighted by atomic mass is 10.1. The zero-order chi connectivity index (χ0) is 13.8. The normalized spacial score (nSPS) is 10.4. The molecular formula is C12H13FN4O2. The zero-order valence-electron chi connectivity index (χ0n) is 10.3. The van der Waals surface area contributed by atoms with Gasteiger partial charge in [-0.2, -0.15) is 4.98 Å². The van der Waals surface area contributed by atoms with Crippen LogP contribution >= 0.6 is 0 Å². The summed E-state index contributed by atoms with van der Waals surface area (Å²) in [6.07, 6.45) is 0.429. The summed E-state index contributed by atoms with van der Waals surface area (Å²) in [6, 6.07) is 3.66. The van der Waals surface area contributed by atoms with Gasteiger partial charge in [0.25, 0.3) is 5.91 Å². The molecule has 0 aliphatic carbocycles. The Morgan fingerprint density at radius 3 is 3.00 bits per heavy atom. The van der Waals surface area contributed by atoms with Crippen LogP contribution in [0.3, 0.4) is 0 Å². The van der Waals surface area contributed by atoms with E-state index in [1.807, 2.05) is 0 Å². The molecule has 1 amide bonds. The number of rotatable bonds is 4. The van der Waals surface area contributed by atoms with Crippen LogP contribution in [0.2, 0.25) is 0 Å². The third-order valence-electron chi connectivity index (χ3n) is 2.46. The number of hydrogen-bond acceptors (Lipinski definition) is 5. The quantitative estimate of drug-likeness (QED) is 0.805. The highest BCUT2D eigenvalue weighted by Gasteiger charge is 2.11. The molecule has 1 heterocycles. The van der Waals surface area contributed by atoms with E-state index in [1.165, 1.54) is 12.1 Å². The molecule has 2 rings (SSSR count). The number of carbonyl (C=O) groups is 1. The van der Waals surface area contributed by atoms with Crippen molar-refractivity contribution in [2.75, 3.05) is 12.3 Å². The van der Waals surface area contributed by atoms with Gasteiger partial charge in [-0.3, -0.25) is 4.79 Å². The van der Waals surface area contributed by atoms with Gasteiger partial charge in [0.15, 0.2) is 5.82 Å². The third kappa shape index (κ3) is 3.27. The summed E-state index contributed by atoms with van der Waals surface area (Å²) in [5.74, 6) is 0.0334. The van der Waals surface area contributed by atoms with Crippen LogP contribution in [0.25, 0.3) is 0 Å². The number of halogens is 1. The zero-order valence-corrected chi connectivity index (χ0v) is 10.3. The van der Waals surface area contributed by atoms with Crippen molar-refractivity contribution in [3.8, 4) is 0 Å². The summed E-state index contributed by atoms with van der Waals surface area (Å²) in [6.45, 7) is 2.00. The Morgan fingerprint density at radius 1 is 1.53 bits per heavy atom. The molecule has 0 aliphatic rings. The number of hydrogen-bond donors (Lipinski definition) is 2. The summed E-state index contributed by atoms with van der Waals surface area (Å²) in [7, 11) is 0. The molecule has 0 saturated heterocycles. The molecule has 0 fully saturated rings. The minimum Gasteiger partial charge on any atom is -0.398 e. The first-order chi connectivity index (χ1) is 9.06. The summed E-state index contributed by atoms with van der Waals surface area (Å²) < 4.78 is 17.8. The number of nitrogens with two attached hydrogens (primary N) is 1. The van der Waals surface area contributed by atoms with E-state index >= 15 is 0 Å². The molecule has 0 aliphatic heterocycles. The van der Waals surface area contributed by atoms with Gasteiger partial charge in [0.2, 0.25) is 5.89 Å². The molecule has 0 bridgehead atoms. The summed E-state index contributed by atoms with van der Waals surface area (Å²) in [4.78, 5) is 15.8. The van der Waals surface area contributed by atoms with Gasteiger partial charge in [0.1, 0.15) is 5.82 Å². The van der Waals surface area contributed by atoms with E-state index in [1.54, 1.807) is 6.92 Å². The van der Waals surface area contributed by atoms with Gasteiger partial charge in [-0.1, -0.05) is 5.16 Å². The molecular weight excluding hydrogens is 251 g/mol. The maximum absolute atomic E-state index is 13.0. The van der Waals surface area contributed by atoms with Crippen LogP contribution in [0.15, 0.2) is 22.7 Å². The number of benzene rings is 1. The molecule has 19 heavy (non-hydrogen) atoms. The molecule has 0 spiro atoms. The van der Waals surface area contributed by atoms with E-state index in [0.717, 1.165) is 6.07 Å². The molecule has 0 unspecified atom stereocenters. The fraction of sp³-hybridized carbons (Fsp3) is 0.250. The lowest BCUT2D eigenvalue weighted by Gasteiger charge is -2.06. The number of amides is 1. The summed E-state index contributed by atoms with van der Waals surface area (Å²) in [5.41, 5.74) is 5.96. The lowest BCUT2D eigenvalue weighted by Crippen LogP contribution is -2.26. The van der Waals surface area contributed by atoms with Crippen LogP contribution < -0.4 is 11.1 Å². The van der Waals surface area contributed by atoms with Gasteiger partial charge in [0, 0.05) is 25.6 Å². The van der Waals surface area contributed by atoms with Gasteiger partial charge in [-0.05, 0) is 18.2 Å². The minimum atomic E-state index is -0.506. The average Bonchev–Trinajstić information content (AvgIpc) is 2.78. The van der Waals surface area contributed by atoms with Crippen molar-refractivity contribution in [3.63, 3.8) is 0 Å². The van der Waals surface area contributed by atoms with E-state index in [9.17, 15) is 9.18 Å². The molecule has 1 aromatic heterocycles. The molecule has 6 nitrogen and oxygen atoms in total. The van der Waals surface area contributed by atoms with Crippen LogP contribution in [0, 0.1) is 12.7 Å². The smallest absolute Gasteiger partial charge is 0.253 e. The Labute approximate surface area is 108 Å². The maximum atomic E-state index is 13.0. The van der Waals surface area contributed by atoms with Crippen LogP contribution in [0.1, 0.15) is 22.1 Å². The van der Waals surface area contributed by atoms with Crippen LogP contribution in [-0.2, 0) is 6.42 Å². The van der Waals surface area contributed by atoms with Crippen molar-refractivity contribution in [1.82, 2.24) is 15.5 Å². The number of aryl methyl sites for hydroxylation is 1. The summed E-state index contributed by atoms with van der Waals surface area (Å²) in [5, 5.41) is 6.31. The van der Waals surface area contributed by atoms with Crippen molar-refractivity contribution < 1.29 is 13.7 Å². The Kier molecular flexibility index (Phi) is 3.74. The van der Waals surface area contributed by atoms with Crippen LogP contribution in [0.5, 0.6) is 0 Å². The van der Waals surface area contributed by atoms with E-state index < -0.39 is 11.7 Å². The van der Waals surface area contributed by atoms with Crippen molar-refractivity contribution in [1.29, 1.82) is 0 Å². The molecule has 7 heteroatoms. The van der Waals surface area contributed by atoms with Crippen molar-refractivity contribution in [3.05, 3.63) is 41.3 Å². The van der Waals surface area contributed by atoms with E-state index in [-0.39, 0.29) is 11.3 Å². The first kappa shape index (κ1) is 13.0. The monoisotopic (exact) mass is 264 g/mol. The topological polar surface area (TPSA) is 94.0 Å². The average molecular weight is 264 g/mol. The Morgan fingerprint density at radius 2 is 2.32 bits per heavy atom. The fourth-order valence-electron chi connectivity index (χ4n) is 1.55. The Hall–Kier alpha value is -2.44. The second-order valence-electron chi connectivity index (χ2n) is 3.97. The first-order valence-corrected chi connectivity index (χ1v) is 5.68. The first-order valence-electron chi connectivity index (χ1n) is 5.68. The Bertz CT molecular complexity index is 597. The molecule has 3 N–H and O–H groups in total. The fourth-order valence-corrected chi connectivity index (χ4v) is 1.55.